The molecule has 0 saturated carbocycles. The van der Waals surface area contributed by atoms with Crippen molar-refractivity contribution < 1.29 is 13.9 Å². The van der Waals surface area contributed by atoms with Crippen LogP contribution in [0.15, 0.2) is 16.5 Å². The zero-order valence-electron chi connectivity index (χ0n) is 14.3. The molecule has 1 atom stereocenters. The average Bonchev–Trinajstić information content (AvgIpc) is 3.25. The van der Waals surface area contributed by atoms with Crippen LogP contribution in [-0.4, -0.2) is 29.6 Å². The van der Waals surface area contributed by atoms with Gasteiger partial charge in [-0.15, -0.1) is 11.3 Å². The molecule has 6 nitrogen and oxygen atoms in total. The van der Waals surface area contributed by atoms with E-state index in [1.165, 1.54) is 0 Å². The number of aromatic nitrogens is 1. The Kier molecular flexibility index (Phi) is 5.20. The van der Waals surface area contributed by atoms with Crippen LogP contribution in [0.2, 0.25) is 0 Å². The van der Waals surface area contributed by atoms with Gasteiger partial charge in [-0.2, -0.15) is 0 Å². The van der Waals surface area contributed by atoms with Crippen LogP contribution in [0, 0.1) is 13.8 Å². The second kappa shape index (κ2) is 7.36. The monoisotopic (exact) mass is 349 g/mol. The van der Waals surface area contributed by atoms with Gasteiger partial charge in [0.05, 0.1) is 23.3 Å². The second-order valence-corrected chi connectivity index (χ2v) is 7.39. The number of hydrogen-bond acceptors (Lipinski definition) is 5. The van der Waals surface area contributed by atoms with Gasteiger partial charge in [-0.05, 0) is 38.8 Å². The van der Waals surface area contributed by atoms with E-state index >= 15 is 0 Å². The van der Waals surface area contributed by atoms with Crippen LogP contribution in [-0.2, 0) is 17.9 Å². The third-order valence-electron chi connectivity index (χ3n) is 4.22. The average molecular weight is 349 g/mol. The third kappa shape index (κ3) is 3.62. The van der Waals surface area contributed by atoms with E-state index in [0.717, 1.165) is 46.5 Å². The van der Waals surface area contributed by atoms with E-state index < -0.39 is 0 Å². The van der Waals surface area contributed by atoms with Gasteiger partial charge in [-0.1, -0.05) is 0 Å². The first kappa shape index (κ1) is 17.0. The standard InChI is InChI=1S/C17H23N3O3S/c1-11-14(19-12(2)24-11)9-18-17(21)20-8-4-5-15(20)16-7-6-13(23-16)10-22-3/h6-7,15H,4-5,8-10H2,1-3H3,(H,18,21)/t15-/m0/s1. The quantitative estimate of drug-likeness (QED) is 0.896. The van der Waals surface area contributed by atoms with Gasteiger partial charge in [0.25, 0.3) is 0 Å². The van der Waals surface area contributed by atoms with Crippen LogP contribution in [0.1, 0.15) is 46.0 Å². The molecule has 2 aromatic heterocycles. The minimum Gasteiger partial charge on any atom is -0.461 e. The number of ether oxygens (including phenoxy) is 1. The van der Waals surface area contributed by atoms with E-state index in [-0.39, 0.29) is 12.1 Å². The molecule has 1 saturated heterocycles. The summed E-state index contributed by atoms with van der Waals surface area (Å²) < 4.78 is 10.9. The fourth-order valence-electron chi connectivity index (χ4n) is 3.10. The summed E-state index contributed by atoms with van der Waals surface area (Å²) in [5.74, 6) is 1.61. The summed E-state index contributed by atoms with van der Waals surface area (Å²) >= 11 is 1.66. The summed E-state index contributed by atoms with van der Waals surface area (Å²) in [5.41, 5.74) is 0.946. The molecule has 24 heavy (non-hydrogen) atoms. The van der Waals surface area contributed by atoms with Gasteiger partial charge in [0.15, 0.2) is 0 Å². The highest BCUT2D eigenvalue weighted by Gasteiger charge is 2.32. The van der Waals surface area contributed by atoms with Crippen molar-refractivity contribution in [2.75, 3.05) is 13.7 Å². The Hall–Kier alpha value is -1.86. The molecule has 0 bridgehead atoms. The SMILES string of the molecule is COCc1ccc([C@@H]2CCCN2C(=O)NCc2nc(C)sc2C)o1. The van der Waals surface area contributed by atoms with E-state index in [9.17, 15) is 4.79 Å². The maximum absolute atomic E-state index is 12.6. The molecule has 0 aliphatic carbocycles. The van der Waals surface area contributed by atoms with Crippen molar-refractivity contribution in [3.8, 4) is 0 Å². The maximum Gasteiger partial charge on any atom is 0.318 e. The van der Waals surface area contributed by atoms with Crippen LogP contribution in [0.5, 0.6) is 0 Å². The summed E-state index contributed by atoms with van der Waals surface area (Å²) in [5, 5.41) is 4.02. The fourth-order valence-corrected chi connectivity index (χ4v) is 3.93. The largest absolute Gasteiger partial charge is 0.461 e. The lowest BCUT2D eigenvalue weighted by atomic mass is 10.2. The van der Waals surface area contributed by atoms with E-state index in [4.69, 9.17) is 9.15 Å². The second-order valence-electron chi connectivity index (χ2n) is 5.98. The minimum absolute atomic E-state index is 0.00567. The molecule has 7 heteroatoms. The number of carbonyl (C=O) groups excluding carboxylic acids is 1. The highest BCUT2D eigenvalue weighted by molar-refractivity contribution is 7.11. The molecule has 1 aliphatic heterocycles. The summed E-state index contributed by atoms with van der Waals surface area (Å²) in [6.07, 6.45) is 1.90. The van der Waals surface area contributed by atoms with Crippen molar-refractivity contribution >= 4 is 17.4 Å². The Labute approximate surface area is 145 Å². The molecule has 2 aromatic rings. The number of amides is 2. The number of thiazole rings is 1. The normalized spacial score (nSPS) is 17.5. The zero-order valence-corrected chi connectivity index (χ0v) is 15.1. The number of methoxy groups -OCH3 is 1. The topological polar surface area (TPSA) is 67.6 Å². The van der Waals surface area contributed by atoms with Crippen molar-refractivity contribution in [3.63, 3.8) is 0 Å². The first-order valence-electron chi connectivity index (χ1n) is 8.13. The first-order chi connectivity index (χ1) is 11.6. The molecule has 2 amide bonds. The van der Waals surface area contributed by atoms with Gasteiger partial charge in [0.1, 0.15) is 18.1 Å². The Morgan fingerprint density at radius 2 is 2.33 bits per heavy atom. The predicted octanol–water partition coefficient (Wildman–Crippen LogP) is 3.55. The Bertz CT molecular complexity index is 710. The Morgan fingerprint density at radius 3 is 3.04 bits per heavy atom. The number of nitrogens with zero attached hydrogens (tertiary/aromatic N) is 2. The van der Waals surface area contributed by atoms with Crippen LogP contribution < -0.4 is 5.32 Å². The summed E-state index contributed by atoms with van der Waals surface area (Å²) in [7, 11) is 1.64. The number of nitrogens with one attached hydrogen (secondary N) is 1. The Balaban J connectivity index is 1.63. The van der Waals surface area contributed by atoms with Crippen molar-refractivity contribution in [1.82, 2.24) is 15.2 Å². The number of furan rings is 1. The number of aryl methyl sites for hydroxylation is 2. The fraction of sp³-hybridized carbons (Fsp3) is 0.529. The molecule has 3 rings (SSSR count). The molecular weight excluding hydrogens is 326 g/mol. The van der Waals surface area contributed by atoms with Gasteiger partial charge < -0.3 is 19.4 Å². The molecule has 0 radical (unpaired) electrons. The summed E-state index contributed by atoms with van der Waals surface area (Å²) in [6.45, 7) is 5.66. The van der Waals surface area contributed by atoms with Crippen molar-refractivity contribution in [1.29, 1.82) is 0 Å². The first-order valence-corrected chi connectivity index (χ1v) is 8.95. The van der Waals surface area contributed by atoms with Gasteiger partial charge in [-0.25, -0.2) is 9.78 Å². The lowest BCUT2D eigenvalue weighted by Gasteiger charge is -2.23. The highest BCUT2D eigenvalue weighted by atomic mass is 32.1. The van der Waals surface area contributed by atoms with E-state index in [1.807, 2.05) is 30.9 Å². The molecule has 0 unspecified atom stereocenters. The minimum atomic E-state index is -0.0627. The van der Waals surface area contributed by atoms with E-state index in [2.05, 4.69) is 10.3 Å². The molecule has 0 spiro atoms. The molecule has 3 heterocycles. The lowest BCUT2D eigenvalue weighted by Crippen LogP contribution is -2.39. The number of likely N-dealkylation sites (tertiary alicyclic amines) is 1. The molecule has 1 N–H and O–H groups in total. The van der Waals surface area contributed by atoms with Gasteiger partial charge >= 0.3 is 6.03 Å². The van der Waals surface area contributed by atoms with Crippen LogP contribution in [0.25, 0.3) is 0 Å². The van der Waals surface area contributed by atoms with Gasteiger partial charge in [-0.3, -0.25) is 0 Å². The lowest BCUT2D eigenvalue weighted by molar-refractivity contribution is 0.156. The summed E-state index contributed by atoms with van der Waals surface area (Å²) in [4.78, 5) is 20.0. The van der Waals surface area contributed by atoms with E-state index in [1.54, 1.807) is 18.4 Å². The Morgan fingerprint density at radius 1 is 1.50 bits per heavy atom. The third-order valence-corrected chi connectivity index (χ3v) is 5.15. The summed E-state index contributed by atoms with van der Waals surface area (Å²) in [6, 6.07) is 3.79. The smallest absolute Gasteiger partial charge is 0.318 e. The molecule has 0 aromatic carbocycles. The van der Waals surface area contributed by atoms with Crippen LogP contribution >= 0.6 is 11.3 Å². The van der Waals surface area contributed by atoms with Gasteiger partial charge in [0.2, 0.25) is 0 Å². The molecular formula is C17H23N3O3S. The maximum atomic E-state index is 12.6. The zero-order chi connectivity index (χ0) is 17.1. The van der Waals surface area contributed by atoms with Crippen molar-refractivity contribution in [2.24, 2.45) is 0 Å². The van der Waals surface area contributed by atoms with Gasteiger partial charge in [0, 0.05) is 18.5 Å². The van der Waals surface area contributed by atoms with E-state index in [0.29, 0.717) is 13.2 Å². The predicted molar refractivity (Wildman–Crippen MR) is 91.9 cm³/mol. The molecule has 1 fully saturated rings. The number of rotatable bonds is 5. The van der Waals surface area contributed by atoms with Crippen molar-refractivity contribution in [3.05, 3.63) is 39.2 Å². The van der Waals surface area contributed by atoms with Crippen molar-refractivity contribution in [2.45, 2.75) is 45.9 Å². The highest BCUT2D eigenvalue weighted by Crippen LogP contribution is 2.33. The number of carbonyl (C=O) groups is 1. The number of hydrogen-bond donors (Lipinski definition) is 1. The molecule has 130 valence electrons. The van der Waals surface area contributed by atoms with Crippen LogP contribution in [0.3, 0.4) is 0 Å². The van der Waals surface area contributed by atoms with Crippen LogP contribution in [0.4, 0.5) is 4.79 Å². The number of urea groups is 1. The molecule has 1 aliphatic rings.